The molecule has 2 N–H and O–H groups in total. The lowest BCUT2D eigenvalue weighted by molar-refractivity contribution is 0.139. The van der Waals surface area contributed by atoms with Crippen LogP contribution in [0.15, 0.2) is 23.4 Å². The first-order valence-electron chi connectivity index (χ1n) is 7.54. The van der Waals surface area contributed by atoms with Crippen molar-refractivity contribution in [1.82, 2.24) is 14.2 Å². The highest BCUT2D eigenvalue weighted by Crippen LogP contribution is 2.26. The van der Waals surface area contributed by atoms with E-state index in [9.17, 15) is 8.42 Å². The van der Waals surface area contributed by atoms with Crippen molar-refractivity contribution in [2.75, 3.05) is 31.9 Å². The number of piperazine rings is 1. The molecule has 0 bridgehead atoms. The van der Waals surface area contributed by atoms with Crippen LogP contribution in [0.2, 0.25) is 0 Å². The van der Waals surface area contributed by atoms with Crippen LogP contribution >= 0.6 is 0 Å². The maximum Gasteiger partial charge on any atom is 0.262 e. The van der Waals surface area contributed by atoms with E-state index in [2.05, 4.69) is 9.88 Å². The standard InChI is InChI=1S/C14H22N4O2S/c15-13-6-3-7-16-14(13)21(19,20)18-10-8-17(9-11-18)12-4-1-2-5-12/h3,6-7,12H,1-2,4-5,8-11,15H2. The summed E-state index contributed by atoms with van der Waals surface area (Å²) in [4.78, 5) is 6.38. The Hall–Kier alpha value is -1.18. The van der Waals surface area contributed by atoms with Gasteiger partial charge in [-0.25, -0.2) is 13.4 Å². The summed E-state index contributed by atoms with van der Waals surface area (Å²) in [5.74, 6) is 0. The zero-order chi connectivity index (χ0) is 14.9. The van der Waals surface area contributed by atoms with Gasteiger partial charge < -0.3 is 5.73 Å². The summed E-state index contributed by atoms with van der Waals surface area (Å²) >= 11 is 0. The number of hydrogen-bond donors (Lipinski definition) is 1. The van der Waals surface area contributed by atoms with Gasteiger partial charge in [-0.15, -0.1) is 0 Å². The van der Waals surface area contributed by atoms with E-state index in [0.717, 1.165) is 13.1 Å². The average molecular weight is 310 g/mol. The number of anilines is 1. The maximum atomic E-state index is 12.6. The number of nitrogens with two attached hydrogens (primary N) is 1. The van der Waals surface area contributed by atoms with Crippen LogP contribution < -0.4 is 5.73 Å². The molecule has 116 valence electrons. The maximum absolute atomic E-state index is 12.6. The lowest BCUT2D eigenvalue weighted by Crippen LogP contribution is -2.51. The molecular formula is C14H22N4O2S. The molecule has 1 aliphatic heterocycles. The Morgan fingerprint density at radius 2 is 1.81 bits per heavy atom. The molecule has 3 rings (SSSR count). The molecule has 7 heteroatoms. The van der Waals surface area contributed by atoms with E-state index in [1.165, 1.54) is 36.2 Å². The number of hydrogen-bond acceptors (Lipinski definition) is 5. The van der Waals surface area contributed by atoms with Crippen molar-refractivity contribution in [3.63, 3.8) is 0 Å². The lowest BCUT2D eigenvalue weighted by Gasteiger charge is -2.37. The van der Waals surface area contributed by atoms with E-state index < -0.39 is 10.0 Å². The van der Waals surface area contributed by atoms with Crippen LogP contribution in [0.5, 0.6) is 0 Å². The van der Waals surface area contributed by atoms with Crippen LogP contribution in [0, 0.1) is 0 Å². The van der Waals surface area contributed by atoms with Crippen molar-refractivity contribution in [2.45, 2.75) is 36.8 Å². The van der Waals surface area contributed by atoms with Crippen molar-refractivity contribution in [3.05, 3.63) is 18.3 Å². The first-order valence-corrected chi connectivity index (χ1v) is 8.98. The highest BCUT2D eigenvalue weighted by molar-refractivity contribution is 7.89. The van der Waals surface area contributed by atoms with E-state index in [4.69, 9.17) is 5.73 Å². The van der Waals surface area contributed by atoms with Gasteiger partial charge in [-0.3, -0.25) is 4.90 Å². The smallest absolute Gasteiger partial charge is 0.262 e. The Bertz CT molecular complexity index is 591. The van der Waals surface area contributed by atoms with Gasteiger partial charge in [-0.2, -0.15) is 4.31 Å². The molecular weight excluding hydrogens is 288 g/mol. The Labute approximate surface area is 126 Å². The molecule has 1 aromatic heterocycles. The zero-order valence-corrected chi connectivity index (χ0v) is 12.9. The third-order valence-electron chi connectivity index (χ3n) is 4.50. The highest BCUT2D eigenvalue weighted by Gasteiger charge is 2.33. The second kappa shape index (κ2) is 5.90. The largest absolute Gasteiger partial charge is 0.396 e. The third kappa shape index (κ3) is 2.90. The predicted molar refractivity (Wildman–Crippen MR) is 81.2 cm³/mol. The van der Waals surface area contributed by atoms with E-state index >= 15 is 0 Å². The van der Waals surface area contributed by atoms with Crippen LogP contribution in [-0.4, -0.2) is 54.8 Å². The zero-order valence-electron chi connectivity index (χ0n) is 12.1. The van der Waals surface area contributed by atoms with Gasteiger partial charge in [0, 0.05) is 38.4 Å². The van der Waals surface area contributed by atoms with Crippen molar-refractivity contribution >= 4 is 15.7 Å². The van der Waals surface area contributed by atoms with Crippen molar-refractivity contribution < 1.29 is 8.42 Å². The van der Waals surface area contributed by atoms with Gasteiger partial charge in [0.05, 0.1) is 5.69 Å². The highest BCUT2D eigenvalue weighted by atomic mass is 32.2. The molecule has 1 aliphatic carbocycles. The molecule has 0 aromatic carbocycles. The molecule has 0 atom stereocenters. The van der Waals surface area contributed by atoms with Gasteiger partial charge in [-0.05, 0) is 25.0 Å². The minimum Gasteiger partial charge on any atom is -0.396 e. The van der Waals surface area contributed by atoms with Gasteiger partial charge in [-0.1, -0.05) is 12.8 Å². The normalized spacial score (nSPS) is 22.7. The van der Waals surface area contributed by atoms with Gasteiger partial charge in [0.15, 0.2) is 5.03 Å². The van der Waals surface area contributed by atoms with E-state index in [-0.39, 0.29) is 10.7 Å². The third-order valence-corrected chi connectivity index (χ3v) is 6.37. The molecule has 1 saturated carbocycles. The summed E-state index contributed by atoms with van der Waals surface area (Å²) in [5, 5.41) is -0.0145. The van der Waals surface area contributed by atoms with E-state index in [1.807, 2.05) is 0 Å². The molecule has 2 aliphatic rings. The quantitative estimate of drug-likeness (QED) is 0.898. The van der Waals surface area contributed by atoms with Gasteiger partial charge in [0.1, 0.15) is 0 Å². The van der Waals surface area contributed by atoms with Crippen molar-refractivity contribution in [1.29, 1.82) is 0 Å². The molecule has 1 saturated heterocycles. The Kier molecular flexibility index (Phi) is 4.14. The van der Waals surface area contributed by atoms with Gasteiger partial charge in [0.25, 0.3) is 10.0 Å². The fraction of sp³-hybridized carbons (Fsp3) is 0.643. The van der Waals surface area contributed by atoms with Crippen LogP contribution in [0.4, 0.5) is 5.69 Å². The van der Waals surface area contributed by atoms with Crippen LogP contribution in [-0.2, 0) is 10.0 Å². The lowest BCUT2D eigenvalue weighted by atomic mass is 10.2. The number of nitrogens with zero attached hydrogens (tertiary/aromatic N) is 3. The molecule has 1 aromatic rings. The number of pyridine rings is 1. The second-order valence-electron chi connectivity index (χ2n) is 5.78. The summed E-state index contributed by atoms with van der Waals surface area (Å²) in [7, 11) is -3.57. The Morgan fingerprint density at radius 3 is 2.43 bits per heavy atom. The number of rotatable bonds is 3. The van der Waals surface area contributed by atoms with Gasteiger partial charge in [0.2, 0.25) is 0 Å². The minimum atomic E-state index is -3.57. The summed E-state index contributed by atoms with van der Waals surface area (Å²) in [6, 6.07) is 3.87. The minimum absolute atomic E-state index is 0.0145. The van der Waals surface area contributed by atoms with Crippen LogP contribution in [0.1, 0.15) is 25.7 Å². The number of aromatic nitrogens is 1. The molecule has 2 heterocycles. The van der Waals surface area contributed by atoms with E-state index in [1.54, 1.807) is 12.1 Å². The summed E-state index contributed by atoms with van der Waals surface area (Å²) in [6.45, 7) is 2.65. The van der Waals surface area contributed by atoms with E-state index in [0.29, 0.717) is 19.1 Å². The average Bonchev–Trinajstić information content (AvgIpc) is 3.02. The Morgan fingerprint density at radius 1 is 1.14 bits per heavy atom. The molecule has 0 radical (unpaired) electrons. The Balaban J connectivity index is 1.70. The van der Waals surface area contributed by atoms with Crippen molar-refractivity contribution in [2.24, 2.45) is 0 Å². The summed E-state index contributed by atoms with van der Waals surface area (Å²) in [6.07, 6.45) is 6.57. The number of sulfonamides is 1. The predicted octanol–water partition coefficient (Wildman–Crippen LogP) is 0.913. The first kappa shape index (κ1) is 14.7. The molecule has 0 amide bonds. The van der Waals surface area contributed by atoms with Crippen LogP contribution in [0.25, 0.3) is 0 Å². The fourth-order valence-corrected chi connectivity index (χ4v) is 4.77. The molecule has 0 unspecified atom stereocenters. The topological polar surface area (TPSA) is 79.5 Å². The first-order chi connectivity index (χ1) is 10.1. The molecule has 2 fully saturated rings. The van der Waals surface area contributed by atoms with Crippen LogP contribution in [0.3, 0.4) is 0 Å². The molecule has 6 nitrogen and oxygen atoms in total. The van der Waals surface area contributed by atoms with Crippen molar-refractivity contribution in [3.8, 4) is 0 Å². The fourth-order valence-electron chi connectivity index (χ4n) is 3.32. The second-order valence-corrected chi connectivity index (χ2v) is 7.63. The summed E-state index contributed by atoms with van der Waals surface area (Å²) < 4.78 is 26.7. The number of nitrogen functional groups attached to an aromatic ring is 1. The molecule has 21 heavy (non-hydrogen) atoms. The molecule has 0 spiro atoms. The SMILES string of the molecule is Nc1cccnc1S(=O)(=O)N1CCN(C2CCCC2)CC1. The summed E-state index contributed by atoms with van der Waals surface area (Å²) in [5.41, 5.74) is 5.98. The van der Waals surface area contributed by atoms with Gasteiger partial charge >= 0.3 is 0 Å². The monoisotopic (exact) mass is 310 g/mol.